The Kier molecular flexibility index (Phi) is 14.0. The van der Waals surface area contributed by atoms with Crippen molar-refractivity contribution in [1.29, 1.82) is 0 Å². The van der Waals surface area contributed by atoms with E-state index in [-0.39, 0.29) is 53.7 Å². The molecule has 1 atom stereocenters. The third-order valence-corrected chi connectivity index (χ3v) is 12.8. The molecule has 18 nitrogen and oxygen atoms in total. The Balaban J connectivity index is 0.731. The zero-order valence-electron chi connectivity index (χ0n) is 36.7. The van der Waals surface area contributed by atoms with Crippen molar-refractivity contribution in [2.24, 2.45) is 0 Å². The molecule has 1 unspecified atom stereocenters. The molecule has 1 aromatic heterocycles. The molecule has 5 aliphatic rings. The lowest BCUT2D eigenvalue weighted by atomic mass is 10.0. The van der Waals surface area contributed by atoms with E-state index in [4.69, 9.17) is 14.2 Å². The summed E-state index contributed by atoms with van der Waals surface area (Å²) in [5.74, 6) is -5.29. The number of hydrogen-bond acceptors (Lipinski definition) is 14. The fourth-order valence-electron chi connectivity index (χ4n) is 9.25. The third kappa shape index (κ3) is 10.3. The van der Waals surface area contributed by atoms with Crippen molar-refractivity contribution in [3.63, 3.8) is 0 Å². The van der Waals surface area contributed by atoms with Crippen LogP contribution in [-0.4, -0.2) is 147 Å². The number of ether oxygens (including phenoxy) is 3. The van der Waals surface area contributed by atoms with E-state index in [0.29, 0.717) is 68.5 Å². The van der Waals surface area contributed by atoms with Gasteiger partial charge in [0.2, 0.25) is 17.8 Å². The van der Waals surface area contributed by atoms with Crippen LogP contribution in [0.1, 0.15) is 77.6 Å². The van der Waals surface area contributed by atoms with E-state index in [1.807, 2.05) is 6.07 Å². The monoisotopic (exact) mass is 902 g/mol. The van der Waals surface area contributed by atoms with E-state index in [1.165, 1.54) is 25.3 Å². The number of benzene rings is 2. The molecule has 0 bridgehead atoms. The lowest BCUT2D eigenvalue weighted by Gasteiger charge is -2.32. The number of imide groups is 1. The van der Waals surface area contributed by atoms with E-state index in [1.54, 1.807) is 35.2 Å². The minimum atomic E-state index is -3.58. The number of anilines is 5. The van der Waals surface area contributed by atoms with Gasteiger partial charge in [0.25, 0.3) is 17.7 Å². The van der Waals surface area contributed by atoms with Crippen molar-refractivity contribution < 1.29 is 47.0 Å². The highest BCUT2D eigenvalue weighted by molar-refractivity contribution is 6.06. The zero-order chi connectivity index (χ0) is 45.7. The first-order valence-corrected chi connectivity index (χ1v) is 22.3. The molecule has 3 aromatic rings. The summed E-state index contributed by atoms with van der Waals surface area (Å²) < 4.78 is 47.3. The molecule has 5 amide bonds. The van der Waals surface area contributed by atoms with Crippen LogP contribution in [0.5, 0.6) is 5.75 Å². The number of alkyl halides is 2. The second-order valence-corrected chi connectivity index (χ2v) is 17.0. The molecule has 8 rings (SSSR count). The number of amides is 5. The summed E-state index contributed by atoms with van der Waals surface area (Å²) in [5.41, 5.74) is 3.30. The number of methoxy groups -OCH3 is 1. The Labute approximate surface area is 375 Å². The standard InChI is InChI=1S/C45H56F2N10O8/c1-54-36-25-49-44(53-39(36)57(30-6-3-4-7-30)27-45(46,47)43(54)62)51-34-11-10-28(24-37(34)63-2)40(59)50-29-14-17-55(18-15-29)19-21-65-23-22-64-20-16-48-33-9-5-8-31-32(33)26-56(42(31)61)35-12-13-38(58)52-41(35)60/h5,8-11,24-25,29-30,35,48H,3-4,6-7,12-23,26-27H2,1-2H3,(H,50,59)(H,49,51,53)(H,52,58,60). The molecule has 0 radical (unpaired) electrons. The molecule has 65 heavy (non-hydrogen) atoms. The van der Waals surface area contributed by atoms with Gasteiger partial charge in [-0.1, -0.05) is 18.9 Å². The average molecular weight is 903 g/mol. The Morgan fingerprint density at radius 2 is 1.71 bits per heavy atom. The first-order valence-electron chi connectivity index (χ1n) is 22.3. The Morgan fingerprint density at radius 1 is 0.938 bits per heavy atom. The van der Waals surface area contributed by atoms with Crippen molar-refractivity contribution in [2.75, 3.05) is 93.7 Å². The predicted octanol–water partition coefficient (Wildman–Crippen LogP) is 3.69. The van der Waals surface area contributed by atoms with Gasteiger partial charge in [0.1, 0.15) is 17.5 Å². The molecule has 3 fully saturated rings. The van der Waals surface area contributed by atoms with Crippen LogP contribution in [0.25, 0.3) is 0 Å². The van der Waals surface area contributed by atoms with Crippen LogP contribution >= 0.6 is 0 Å². The number of nitrogens with one attached hydrogen (secondary N) is 4. The van der Waals surface area contributed by atoms with Gasteiger partial charge in [0, 0.05) is 80.7 Å². The molecule has 0 spiro atoms. The fraction of sp³-hybridized carbons (Fsp3) is 0.533. The van der Waals surface area contributed by atoms with Crippen LogP contribution < -0.4 is 35.8 Å². The number of aromatic nitrogens is 2. The molecule has 4 aliphatic heterocycles. The first kappa shape index (κ1) is 45.6. The second kappa shape index (κ2) is 20.0. The summed E-state index contributed by atoms with van der Waals surface area (Å²) in [6, 6.07) is 9.62. The third-order valence-electron chi connectivity index (χ3n) is 12.8. The van der Waals surface area contributed by atoms with E-state index >= 15 is 8.78 Å². The highest BCUT2D eigenvalue weighted by Gasteiger charge is 2.49. The van der Waals surface area contributed by atoms with E-state index in [0.717, 1.165) is 74.3 Å². The number of rotatable bonds is 17. The lowest BCUT2D eigenvalue weighted by Crippen LogP contribution is -2.52. The molecule has 2 saturated heterocycles. The number of carbonyl (C=O) groups excluding carboxylic acids is 5. The normalized spacial score (nSPS) is 20.4. The van der Waals surface area contributed by atoms with Crippen LogP contribution in [0.3, 0.4) is 0 Å². The van der Waals surface area contributed by atoms with Crippen molar-refractivity contribution in [3.05, 3.63) is 59.3 Å². The van der Waals surface area contributed by atoms with Gasteiger partial charge in [-0.05, 0) is 62.4 Å². The first-order chi connectivity index (χ1) is 31.4. The van der Waals surface area contributed by atoms with Crippen LogP contribution in [-0.2, 0) is 30.4 Å². The second-order valence-electron chi connectivity index (χ2n) is 17.0. The maximum atomic E-state index is 15.0. The average Bonchev–Trinajstić information content (AvgIpc) is 3.95. The summed E-state index contributed by atoms with van der Waals surface area (Å²) >= 11 is 0. The lowest BCUT2D eigenvalue weighted by molar-refractivity contribution is -0.140. The molecular formula is C45H56F2N10O8. The number of likely N-dealkylation sites (tertiary alicyclic amines) is 1. The molecular weight excluding hydrogens is 847 g/mol. The topological polar surface area (TPSA) is 200 Å². The van der Waals surface area contributed by atoms with Gasteiger partial charge >= 0.3 is 5.92 Å². The Bertz CT molecular complexity index is 2270. The van der Waals surface area contributed by atoms with Crippen LogP contribution in [0.15, 0.2) is 42.6 Å². The van der Waals surface area contributed by atoms with E-state index in [2.05, 4.69) is 36.1 Å². The van der Waals surface area contributed by atoms with Crippen LogP contribution in [0.4, 0.5) is 37.6 Å². The number of piperidine rings is 2. The number of nitrogens with zero attached hydrogens (tertiary/aromatic N) is 6. The van der Waals surface area contributed by atoms with Crippen molar-refractivity contribution in [3.8, 4) is 5.75 Å². The number of carbonyl (C=O) groups is 5. The van der Waals surface area contributed by atoms with E-state index in [9.17, 15) is 24.0 Å². The summed E-state index contributed by atoms with van der Waals surface area (Å²) in [7, 11) is 2.80. The number of fused-ring (bicyclic) bond motifs is 2. The van der Waals surface area contributed by atoms with E-state index < -0.39 is 30.3 Å². The zero-order valence-corrected chi connectivity index (χ0v) is 36.7. The highest BCUT2D eigenvalue weighted by atomic mass is 19.3. The summed E-state index contributed by atoms with van der Waals surface area (Å²) in [5, 5.41) is 11.9. The molecule has 2 aromatic carbocycles. The summed E-state index contributed by atoms with van der Waals surface area (Å²) in [6.07, 6.45) is 6.76. The Morgan fingerprint density at radius 3 is 2.46 bits per heavy atom. The quantitative estimate of drug-likeness (QED) is 0.113. The maximum absolute atomic E-state index is 15.0. The summed E-state index contributed by atoms with van der Waals surface area (Å²) in [6.45, 7) is 4.30. The SMILES string of the molecule is COc1cc(C(=O)NC2CCN(CCOCCOCCNc3cccc4c3CN(C3CCC(=O)NC3=O)C4=O)CC2)ccc1Nc1ncc2c(n1)N(C1CCCC1)CC(F)(F)C(=O)N2C. The summed E-state index contributed by atoms with van der Waals surface area (Å²) in [4.78, 5) is 78.4. The minimum Gasteiger partial charge on any atom is -0.495 e. The Hall–Kier alpha value is -5.99. The largest absolute Gasteiger partial charge is 0.495 e. The minimum absolute atomic E-state index is 0.000335. The fourth-order valence-corrected chi connectivity index (χ4v) is 9.25. The number of hydrogen-bond donors (Lipinski definition) is 4. The smallest absolute Gasteiger partial charge is 0.342 e. The molecule has 20 heteroatoms. The van der Waals surface area contributed by atoms with Gasteiger partial charge in [-0.25, -0.2) is 4.98 Å². The van der Waals surface area contributed by atoms with Crippen LogP contribution in [0, 0.1) is 0 Å². The van der Waals surface area contributed by atoms with Gasteiger partial charge in [0.05, 0.1) is 52.0 Å². The van der Waals surface area contributed by atoms with Gasteiger partial charge in [-0.3, -0.25) is 29.3 Å². The van der Waals surface area contributed by atoms with Gasteiger partial charge in [0.15, 0.2) is 5.82 Å². The maximum Gasteiger partial charge on any atom is 0.342 e. The van der Waals surface area contributed by atoms with Crippen molar-refractivity contribution in [1.82, 2.24) is 30.4 Å². The van der Waals surface area contributed by atoms with Gasteiger partial charge in [-0.2, -0.15) is 13.8 Å². The number of halogens is 2. The van der Waals surface area contributed by atoms with Crippen molar-refractivity contribution >= 4 is 58.4 Å². The van der Waals surface area contributed by atoms with Crippen molar-refractivity contribution in [2.45, 2.75) is 82.0 Å². The van der Waals surface area contributed by atoms with Gasteiger partial charge < -0.3 is 49.8 Å². The molecule has 5 heterocycles. The predicted molar refractivity (Wildman–Crippen MR) is 236 cm³/mol. The van der Waals surface area contributed by atoms with Gasteiger partial charge in [-0.15, -0.1) is 0 Å². The van der Waals surface area contributed by atoms with Crippen LogP contribution in [0.2, 0.25) is 0 Å². The highest BCUT2D eigenvalue weighted by Crippen LogP contribution is 2.40. The molecule has 1 saturated carbocycles. The molecule has 4 N–H and O–H groups in total. The molecule has 1 aliphatic carbocycles. The molecule has 348 valence electrons.